The van der Waals surface area contributed by atoms with Crippen molar-refractivity contribution in [2.45, 2.75) is 32.2 Å². The van der Waals surface area contributed by atoms with Crippen molar-refractivity contribution < 1.29 is 9.90 Å². The molecule has 1 aliphatic carbocycles. The summed E-state index contributed by atoms with van der Waals surface area (Å²) in [4.78, 5) is 14.2. The van der Waals surface area contributed by atoms with Crippen LogP contribution in [0, 0.1) is 5.92 Å². The van der Waals surface area contributed by atoms with Crippen molar-refractivity contribution in [1.82, 2.24) is 4.90 Å². The van der Waals surface area contributed by atoms with E-state index in [1.54, 1.807) is 17.0 Å². The molecule has 2 rings (SSSR count). The summed E-state index contributed by atoms with van der Waals surface area (Å²) in [6, 6.07) is 7.09. The Morgan fingerprint density at radius 1 is 1.37 bits per heavy atom. The lowest BCUT2D eigenvalue weighted by atomic mass is 9.92. The number of rotatable bonds is 3. The summed E-state index contributed by atoms with van der Waals surface area (Å²) >= 11 is 0. The van der Waals surface area contributed by atoms with Gasteiger partial charge in [0.1, 0.15) is 5.75 Å². The quantitative estimate of drug-likeness (QED) is 0.846. The number of amides is 1. The monoisotopic (exact) mass is 259 g/mol. The number of aromatic hydroxyl groups is 1. The van der Waals surface area contributed by atoms with E-state index < -0.39 is 0 Å². The number of carbonyl (C=O) groups excluding carboxylic acids is 1. The third-order valence-corrected chi connectivity index (χ3v) is 3.93. The molecule has 2 unspecified atom stereocenters. The van der Waals surface area contributed by atoms with Gasteiger partial charge in [0.15, 0.2) is 0 Å². The topological polar surface area (TPSA) is 40.5 Å². The minimum atomic E-state index is -0.111. The van der Waals surface area contributed by atoms with Crippen molar-refractivity contribution in [2.24, 2.45) is 5.92 Å². The van der Waals surface area contributed by atoms with E-state index in [1.165, 1.54) is 0 Å². The second-order valence-electron chi connectivity index (χ2n) is 5.17. The Labute approximate surface area is 114 Å². The van der Waals surface area contributed by atoms with E-state index in [0.717, 1.165) is 24.8 Å². The highest BCUT2D eigenvalue weighted by atomic mass is 16.3. The van der Waals surface area contributed by atoms with Crippen LogP contribution in [0.25, 0.3) is 0 Å². The molecule has 0 radical (unpaired) electrons. The lowest BCUT2D eigenvalue weighted by Gasteiger charge is -2.30. The van der Waals surface area contributed by atoms with Gasteiger partial charge in [-0.25, -0.2) is 0 Å². The first-order chi connectivity index (χ1) is 9.11. The molecule has 1 amide bonds. The second kappa shape index (κ2) is 5.91. The van der Waals surface area contributed by atoms with Gasteiger partial charge < -0.3 is 10.0 Å². The zero-order valence-corrected chi connectivity index (χ0v) is 11.5. The number of benzene rings is 1. The highest BCUT2D eigenvalue weighted by Crippen LogP contribution is 2.29. The highest BCUT2D eigenvalue weighted by Gasteiger charge is 2.26. The first-order valence-corrected chi connectivity index (χ1v) is 6.81. The fraction of sp³-hybridized carbons (Fsp3) is 0.438. The van der Waals surface area contributed by atoms with Crippen LogP contribution in [0.15, 0.2) is 36.4 Å². The van der Waals surface area contributed by atoms with Crippen LogP contribution in [-0.2, 0) is 4.79 Å². The van der Waals surface area contributed by atoms with E-state index in [1.807, 2.05) is 26.1 Å². The Hall–Kier alpha value is -1.77. The van der Waals surface area contributed by atoms with Crippen LogP contribution in [-0.4, -0.2) is 23.0 Å². The Morgan fingerprint density at radius 3 is 2.74 bits per heavy atom. The van der Waals surface area contributed by atoms with Crippen LogP contribution >= 0.6 is 0 Å². The van der Waals surface area contributed by atoms with Crippen LogP contribution in [0.2, 0.25) is 0 Å². The summed E-state index contributed by atoms with van der Waals surface area (Å²) in [6.07, 6.45) is 6.96. The molecule has 0 saturated heterocycles. The van der Waals surface area contributed by atoms with E-state index in [9.17, 15) is 9.90 Å². The Kier molecular flexibility index (Phi) is 4.25. The molecule has 2 atom stereocenters. The standard InChI is InChI=1S/C16H21NO2/c1-12(14-10-6-7-11-15(14)18)17(2)16(19)13-8-4-3-5-9-13/h3-4,6-7,10-13,18H,5,8-9H2,1-2H3. The molecule has 1 aliphatic rings. The Balaban J connectivity index is 2.10. The number of allylic oxidation sites excluding steroid dienone is 2. The van der Waals surface area contributed by atoms with Crippen LogP contribution < -0.4 is 0 Å². The number of phenolic OH excluding ortho intramolecular Hbond substituents is 1. The maximum absolute atomic E-state index is 12.4. The van der Waals surface area contributed by atoms with E-state index in [4.69, 9.17) is 0 Å². The zero-order valence-electron chi connectivity index (χ0n) is 11.5. The van der Waals surface area contributed by atoms with Crippen molar-refractivity contribution in [3.63, 3.8) is 0 Å². The molecule has 0 fully saturated rings. The zero-order chi connectivity index (χ0) is 13.8. The highest BCUT2D eigenvalue weighted by molar-refractivity contribution is 5.79. The number of phenols is 1. The smallest absolute Gasteiger partial charge is 0.226 e. The summed E-state index contributed by atoms with van der Waals surface area (Å²) in [5.41, 5.74) is 0.796. The van der Waals surface area contributed by atoms with Gasteiger partial charge in [0.2, 0.25) is 5.91 Å². The van der Waals surface area contributed by atoms with Gasteiger partial charge in [-0.1, -0.05) is 30.4 Å². The number of carbonyl (C=O) groups is 1. The van der Waals surface area contributed by atoms with Gasteiger partial charge >= 0.3 is 0 Å². The molecule has 0 heterocycles. The first kappa shape index (κ1) is 13.7. The molecule has 1 aromatic carbocycles. The summed E-state index contributed by atoms with van der Waals surface area (Å²) in [7, 11) is 1.82. The molecular formula is C16H21NO2. The summed E-state index contributed by atoms with van der Waals surface area (Å²) in [6.45, 7) is 1.95. The predicted molar refractivity (Wildman–Crippen MR) is 75.8 cm³/mol. The van der Waals surface area contributed by atoms with Crippen LogP contribution in [0.1, 0.15) is 37.8 Å². The lowest BCUT2D eigenvalue weighted by Crippen LogP contribution is -2.35. The number of nitrogens with zero attached hydrogens (tertiary/aromatic N) is 1. The van der Waals surface area contributed by atoms with Crippen molar-refractivity contribution >= 4 is 5.91 Å². The minimum Gasteiger partial charge on any atom is -0.508 e. The van der Waals surface area contributed by atoms with Crippen LogP contribution in [0.3, 0.4) is 0 Å². The van der Waals surface area contributed by atoms with Gasteiger partial charge in [-0.15, -0.1) is 0 Å². The van der Waals surface area contributed by atoms with Crippen molar-refractivity contribution in [3.05, 3.63) is 42.0 Å². The first-order valence-electron chi connectivity index (χ1n) is 6.81. The maximum atomic E-state index is 12.4. The molecule has 19 heavy (non-hydrogen) atoms. The third-order valence-electron chi connectivity index (χ3n) is 3.93. The van der Waals surface area contributed by atoms with Crippen LogP contribution in [0.5, 0.6) is 5.75 Å². The lowest BCUT2D eigenvalue weighted by molar-refractivity contribution is -0.136. The maximum Gasteiger partial charge on any atom is 0.226 e. The molecule has 102 valence electrons. The van der Waals surface area contributed by atoms with Gasteiger partial charge in [0.25, 0.3) is 0 Å². The fourth-order valence-electron chi connectivity index (χ4n) is 2.55. The van der Waals surface area contributed by atoms with Crippen molar-refractivity contribution in [3.8, 4) is 5.75 Å². The second-order valence-corrected chi connectivity index (χ2v) is 5.17. The number of hydrogen-bond acceptors (Lipinski definition) is 2. The van der Waals surface area contributed by atoms with E-state index in [2.05, 4.69) is 12.2 Å². The van der Waals surface area contributed by atoms with Crippen molar-refractivity contribution in [1.29, 1.82) is 0 Å². The molecule has 3 heteroatoms. The fourth-order valence-corrected chi connectivity index (χ4v) is 2.55. The third kappa shape index (κ3) is 2.98. The average molecular weight is 259 g/mol. The molecule has 0 aliphatic heterocycles. The summed E-state index contributed by atoms with van der Waals surface area (Å²) in [5, 5.41) is 9.87. The normalized spacial score (nSPS) is 20.0. The van der Waals surface area contributed by atoms with Crippen LogP contribution in [0.4, 0.5) is 0 Å². The summed E-state index contributed by atoms with van der Waals surface area (Å²) in [5.74, 6) is 0.501. The van der Waals surface area contributed by atoms with E-state index in [0.29, 0.717) is 0 Å². The van der Waals surface area contributed by atoms with Gasteiger partial charge in [-0.05, 0) is 32.3 Å². The molecule has 0 bridgehead atoms. The van der Waals surface area contributed by atoms with Gasteiger partial charge in [0.05, 0.1) is 6.04 Å². The number of para-hydroxylation sites is 1. The van der Waals surface area contributed by atoms with Gasteiger partial charge in [0, 0.05) is 18.5 Å². The SMILES string of the molecule is CC(c1ccccc1O)N(C)C(=O)C1CC=CCC1. The van der Waals surface area contributed by atoms with E-state index in [-0.39, 0.29) is 23.6 Å². The molecule has 3 nitrogen and oxygen atoms in total. The molecule has 0 spiro atoms. The van der Waals surface area contributed by atoms with Crippen molar-refractivity contribution in [2.75, 3.05) is 7.05 Å². The molecule has 0 aromatic heterocycles. The van der Waals surface area contributed by atoms with Gasteiger partial charge in [-0.3, -0.25) is 4.79 Å². The van der Waals surface area contributed by atoms with E-state index >= 15 is 0 Å². The average Bonchev–Trinajstić information content (AvgIpc) is 2.46. The molecule has 0 saturated carbocycles. The summed E-state index contributed by atoms with van der Waals surface area (Å²) < 4.78 is 0. The van der Waals surface area contributed by atoms with Gasteiger partial charge in [-0.2, -0.15) is 0 Å². The Morgan fingerprint density at radius 2 is 2.11 bits per heavy atom. The molecular weight excluding hydrogens is 238 g/mol. The largest absolute Gasteiger partial charge is 0.508 e. The predicted octanol–water partition coefficient (Wildman–Crippen LogP) is 3.27. The minimum absolute atomic E-state index is 0.0864. The Bertz CT molecular complexity index is 481. The molecule has 1 aromatic rings. The number of hydrogen-bond donors (Lipinski definition) is 1. The molecule has 1 N–H and O–H groups in total.